The molecule has 0 saturated heterocycles. The molecule has 1 N–H and O–H groups in total. The fraction of sp³-hybridized carbons (Fsp3) is 0.200. The molecule has 1 atom stereocenters. The van der Waals surface area contributed by atoms with Crippen LogP contribution in [0.15, 0.2) is 66.7 Å². The average molecular weight is 439 g/mol. The maximum atomic E-state index is 12.8. The van der Waals surface area contributed by atoms with Gasteiger partial charge in [-0.3, -0.25) is 4.79 Å². The van der Waals surface area contributed by atoms with E-state index in [1.165, 1.54) is 19.2 Å². The van der Waals surface area contributed by atoms with Gasteiger partial charge in [-0.2, -0.15) is 13.2 Å². The summed E-state index contributed by atoms with van der Waals surface area (Å²) < 4.78 is 43.2. The molecule has 1 unspecified atom stereocenters. The molecule has 4 nitrogen and oxygen atoms in total. The summed E-state index contributed by atoms with van der Waals surface area (Å²) in [6.07, 6.45) is -3.37. The van der Waals surface area contributed by atoms with Crippen LogP contribution in [0.4, 0.5) is 18.9 Å². The van der Waals surface area contributed by atoms with Crippen LogP contribution in [0.1, 0.15) is 27.0 Å². The normalized spacial score (nSPS) is 15.6. The zero-order valence-electron chi connectivity index (χ0n) is 17.2. The van der Waals surface area contributed by atoms with Crippen LogP contribution in [-0.4, -0.2) is 19.0 Å². The van der Waals surface area contributed by atoms with Gasteiger partial charge in [0.05, 0.1) is 18.2 Å². The second-order valence-corrected chi connectivity index (χ2v) is 7.73. The van der Waals surface area contributed by atoms with Crippen molar-refractivity contribution >= 4 is 17.6 Å². The molecule has 1 heterocycles. The van der Waals surface area contributed by atoms with E-state index >= 15 is 0 Å². The smallest absolute Gasteiger partial charge is 0.416 e. The first-order chi connectivity index (χ1) is 15.2. The van der Waals surface area contributed by atoms with Crippen molar-refractivity contribution in [3.63, 3.8) is 0 Å². The Morgan fingerprint density at radius 2 is 1.66 bits per heavy atom. The van der Waals surface area contributed by atoms with Gasteiger partial charge in [-0.1, -0.05) is 30.3 Å². The van der Waals surface area contributed by atoms with Gasteiger partial charge in [-0.15, -0.1) is 0 Å². The Hall–Kier alpha value is -3.61. The highest BCUT2D eigenvalue weighted by Gasteiger charge is 2.30. The fourth-order valence-electron chi connectivity index (χ4n) is 3.85. The Kier molecular flexibility index (Phi) is 5.74. The van der Waals surface area contributed by atoms with E-state index in [1.807, 2.05) is 6.07 Å². The van der Waals surface area contributed by atoms with E-state index in [4.69, 9.17) is 4.74 Å². The van der Waals surface area contributed by atoms with Crippen LogP contribution in [-0.2, 0) is 28.5 Å². The van der Waals surface area contributed by atoms with Crippen LogP contribution in [0.5, 0.6) is 0 Å². The first-order valence-electron chi connectivity index (χ1n) is 10.0. The number of rotatable bonds is 4. The molecular formula is C25H20F3NO3. The molecule has 1 aliphatic heterocycles. The molecule has 164 valence electrons. The minimum Gasteiger partial charge on any atom is -0.465 e. The molecule has 1 aliphatic rings. The fourth-order valence-corrected chi connectivity index (χ4v) is 3.85. The lowest BCUT2D eigenvalue weighted by Crippen LogP contribution is -2.31. The molecule has 0 aromatic heterocycles. The number of alkyl halides is 3. The van der Waals surface area contributed by atoms with Crippen LogP contribution in [0, 0.1) is 5.92 Å². The predicted octanol–water partition coefficient (Wildman–Crippen LogP) is 5.51. The highest BCUT2D eigenvalue weighted by molar-refractivity contribution is 5.96. The Labute approximate surface area is 183 Å². The summed E-state index contributed by atoms with van der Waals surface area (Å²) in [4.78, 5) is 24.2. The number of carbonyl (C=O) groups excluding carboxylic acids is 2. The summed E-state index contributed by atoms with van der Waals surface area (Å²) in [5, 5.41) is 2.91. The molecule has 1 amide bonds. The number of methoxy groups -OCH3 is 1. The van der Waals surface area contributed by atoms with Gasteiger partial charge in [0.25, 0.3) is 0 Å². The Morgan fingerprint density at radius 1 is 1.00 bits per heavy atom. The molecule has 0 saturated carbocycles. The van der Waals surface area contributed by atoms with Gasteiger partial charge >= 0.3 is 12.1 Å². The van der Waals surface area contributed by atoms with Crippen LogP contribution in [0.3, 0.4) is 0 Å². The molecule has 0 bridgehead atoms. The topological polar surface area (TPSA) is 55.4 Å². The molecule has 4 rings (SSSR count). The molecule has 32 heavy (non-hydrogen) atoms. The van der Waals surface area contributed by atoms with Crippen molar-refractivity contribution < 1.29 is 27.5 Å². The summed E-state index contributed by atoms with van der Waals surface area (Å²) in [5.74, 6) is -0.803. The number of benzene rings is 3. The molecule has 0 radical (unpaired) electrons. The number of ether oxygens (including phenoxy) is 1. The second-order valence-electron chi connectivity index (χ2n) is 7.73. The number of anilines is 1. The number of fused-ring (bicyclic) bond motifs is 1. The zero-order chi connectivity index (χ0) is 22.9. The van der Waals surface area contributed by atoms with E-state index < -0.39 is 17.7 Å². The molecule has 3 aromatic carbocycles. The first-order valence-corrected chi connectivity index (χ1v) is 10.0. The van der Waals surface area contributed by atoms with Crippen molar-refractivity contribution in [2.45, 2.75) is 19.0 Å². The highest BCUT2D eigenvalue weighted by Crippen LogP contribution is 2.34. The largest absolute Gasteiger partial charge is 0.465 e. The second kappa shape index (κ2) is 8.49. The van der Waals surface area contributed by atoms with Gasteiger partial charge in [0.1, 0.15) is 0 Å². The maximum absolute atomic E-state index is 12.8. The monoisotopic (exact) mass is 439 g/mol. The lowest BCUT2D eigenvalue weighted by Gasteiger charge is -2.25. The Bertz CT molecular complexity index is 1150. The molecule has 3 aromatic rings. The first kappa shape index (κ1) is 21.6. The number of hydrogen-bond acceptors (Lipinski definition) is 3. The predicted molar refractivity (Wildman–Crippen MR) is 114 cm³/mol. The van der Waals surface area contributed by atoms with Gasteiger partial charge in [0.15, 0.2) is 0 Å². The van der Waals surface area contributed by atoms with Crippen molar-refractivity contribution in [2.75, 3.05) is 12.4 Å². The Morgan fingerprint density at radius 3 is 2.28 bits per heavy atom. The molecule has 0 fully saturated rings. The number of halogens is 3. The molecule has 0 spiro atoms. The van der Waals surface area contributed by atoms with Crippen LogP contribution < -0.4 is 5.32 Å². The third-order valence-corrected chi connectivity index (χ3v) is 5.60. The number of carbonyl (C=O) groups is 2. The molecule has 0 aliphatic carbocycles. The van der Waals surface area contributed by atoms with E-state index in [-0.39, 0.29) is 11.8 Å². The number of nitrogens with one attached hydrogen (secondary N) is 1. The van der Waals surface area contributed by atoms with Crippen molar-refractivity contribution in [2.24, 2.45) is 5.92 Å². The van der Waals surface area contributed by atoms with Gasteiger partial charge in [0, 0.05) is 11.6 Å². The minimum atomic E-state index is -4.37. The van der Waals surface area contributed by atoms with Crippen LogP contribution in [0.25, 0.3) is 11.1 Å². The summed E-state index contributed by atoms with van der Waals surface area (Å²) in [6.45, 7) is 0. The quantitative estimate of drug-likeness (QED) is 0.545. The summed E-state index contributed by atoms with van der Waals surface area (Å²) in [5.41, 5.74) is 3.77. The van der Waals surface area contributed by atoms with E-state index in [1.54, 1.807) is 36.4 Å². The third-order valence-electron chi connectivity index (χ3n) is 5.60. The van der Waals surface area contributed by atoms with E-state index in [2.05, 4.69) is 5.32 Å². The van der Waals surface area contributed by atoms with Crippen LogP contribution in [0.2, 0.25) is 0 Å². The summed E-state index contributed by atoms with van der Waals surface area (Å²) in [7, 11) is 1.32. The van der Waals surface area contributed by atoms with Crippen molar-refractivity contribution in [1.29, 1.82) is 0 Å². The SMILES string of the molecule is COC(=O)c1ccc(CC2Cc3cc(-c4ccc(C(F)(F)F)cc4)ccc3NC2=O)cc1. The van der Waals surface area contributed by atoms with E-state index in [0.29, 0.717) is 29.7 Å². The van der Waals surface area contributed by atoms with Crippen molar-refractivity contribution in [3.05, 3.63) is 89.0 Å². The third kappa shape index (κ3) is 4.51. The minimum absolute atomic E-state index is 0.0863. The number of esters is 1. The number of amides is 1. The van der Waals surface area contributed by atoms with Crippen molar-refractivity contribution in [1.82, 2.24) is 0 Å². The van der Waals surface area contributed by atoms with Gasteiger partial charge in [0.2, 0.25) is 5.91 Å². The molecular weight excluding hydrogens is 419 g/mol. The lowest BCUT2D eigenvalue weighted by molar-refractivity contribution is -0.137. The van der Waals surface area contributed by atoms with Crippen LogP contribution >= 0.6 is 0 Å². The maximum Gasteiger partial charge on any atom is 0.416 e. The standard InChI is InChI=1S/C25H20F3NO3/c1-32-24(31)17-4-2-15(3-5-17)12-20-14-19-13-18(8-11-22(19)29-23(20)30)16-6-9-21(10-7-16)25(26,27)28/h2-11,13,20H,12,14H2,1H3,(H,29,30). The zero-order valence-corrected chi connectivity index (χ0v) is 17.2. The Balaban J connectivity index is 1.53. The highest BCUT2D eigenvalue weighted by atomic mass is 19.4. The van der Waals surface area contributed by atoms with Crippen molar-refractivity contribution in [3.8, 4) is 11.1 Å². The number of hydrogen-bond donors (Lipinski definition) is 1. The average Bonchev–Trinajstić information content (AvgIpc) is 2.79. The van der Waals surface area contributed by atoms with Gasteiger partial charge < -0.3 is 10.1 Å². The summed E-state index contributed by atoms with van der Waals surface area (Å²) >= 11 is 0. The van der Waals surface area contributed by atoms with Gasteiger partial charge in [-0.25, -0.2) is 4.79 Å². The summed E-state index contributed by atoms with van der Waals surface area (Å²) in [6, 6.07) is 17.4. The van der Waals surface area contributed by atoms with E-state index in [9.17, 15) is 22.8 Å². The molecule has 7 heteroatoms. The van der Waals surface area contributed by atoms with Gasteiger partial charge in [-0.05, 0) is 71.5 Å². The lowest BCUT2D eigenvalue weighted by atomic mass is 9.86. The van der Waals surface area contributed by atoms with E-state index in [0.717, 1.165) is 28.8 Å².